The van der Waals surface area contributed by atoms with Crippen LogP contribution in [0.5, 0.6) is 0 Å². The van der Waals surface area contributed by atoms with Gasteiger partial charge in [0.2, 0.25) is 0 Å². The summed E-state index contributed by atoms with van der Waals surface area (Å²) < 4.78 is 10.8. The smallest absolute Gasteiger partial charge is 0.0781 e. The summed E-state index contributed by atoms with van der Waals surface area (Å²) in [6.07, 6.45) is 0.0768. The maximum atomic E-state index is 9.09. The molecule has 0 amide bonds. The van der Waals surface area contributed by atoms with E-state index in [0.29, 0.717) is 25.9 Å². The number of aliphatic hydroxyl groups is 1. The predicted octanol–water partition coefficient (Wildman–Crippen LogP) is 0.787. The number of ether oxygens (including phenoxy) is 2. The van der Waals surface area contributed by atoms with Gasteiger partial charge in [-0.05, 0) is 13.8 Å². The second-order valence-electron chi connectivity index (χ2n) is 4.00. The van der Waals surface area contributed by atoms with Gasteiger partial charge in [0.1, 0.15) is 0 Å². The van der Waals surface area contributed by atoms with Crippen LogP contribution in [0.2, 0.25) is 0 Å². The lowest BCUT2D eigenvalue weighted by molar-refractivity contribution is -0.0174. The van der Waals surface area contributed by atoms with Crippen LogP contribution >= 0.6 is 0 Å². The first-order valence-electron chi connectivity index (χ1n) is 5.66. The minimum absolute atomic E-state index is 0.00840. The number of hydrogen-bond donors (Lipinski definition) is 2. The van der Waals surface area contributed by atoms with E-state index >= 15 is 0 Å². The molecule has 4 heteroatoms. The van der Waals surface area contributed by atoms with E-state index in [1.807, 2.05) is 27.7 Å². The molecule has 2 atom stereocenters. The summed E-state index contributed by atoms with van der Waals surface area (Å²) in [5.41, 5.74) is 0. The van der Waals surface area contributed by atoms with E-state index in [0.717, 1.165) is 0 Å². The van der Waals surface area contributed by atoms with Crippen molar-refractivity contribution in [3.8, 4) is 0 Å². The third-order valence-corrected chi connectivity index (χ3v) is 1.93. The van der Waals surface area contributed by atoms with Crippen LogP contribution in [0.15, 0.2) is 0 Å². The van der Waals surface area contributed by atoms with E-state index in [2.05, 4.69) is 5.32 Å². The molecule has 0 saturated heterocycles. The lowest BCUT2D eigenvalue weighted by Crippen LogP contribution is -2.41. The van der Waals surface area contributed by atoms with Gasteiger partial charge in [0.05, 0.1) is 32.0 Å². The van der Waals surface area contributed by atoms with E-state index in [4.69, 9.17) is 14.6 Å². The van der Waals surface area contributed by atoms with Gasteiger partial charge in [-0.25, -0.2) is 0 Å². The lowest BCUT2D eigenvalue weighted by Gasteiger charge is -2.21. The third kappa shape index (κ3) is 8.81. The maximum Gasteiger partial charge on any atom is 0.0781 e. The Balaban J connectivity index is 3.60. The van der Waals surface area contributed by atoms with Gasteiger partial charge in [-0.15, -0.1) is 0 Å². The Labute approximate surface area is 93.0 Å². The SMILES string of the molecule is CCOCC(C)OCC(CO)NC(C)C. The molecule has 2 N–H and O–H groups in total. The molecule has 0 radical (unpaired) electrons. The van der Waals surface area contributed by atoms with E-state index in [1.54, 1.807) is 0 Å². The molecule has 4 nitrogen and oxygen atoms in total. The molecule has 0 aliphatic carbocycles. The first-order valence-corrected chi connectivity index (χ1v) is 5.66. The zero-order chi connectivity index (χ0) is 11.7. The van der Waals surface area contributed by atoms with Crippen molar-refractivity contribution < 1.29 is 14.6 Å². The van der Waals surface area contributed by atoms with Gasteiger partial charge in [-0.2, -0.15) is 0 Å². The van der Waals surface area contributed by atoms with Crippen LogP contribution in [-0.4, -0.2) is 49.7 Å². The van der Waals surface area contributed by atoms with Crippen molar-refractivity contribution in [1.82, 2.24) is 5.32 Å². The Kier molecular flexibility index (Phi) is 9.00. The van der Waals surface area contributed by atoms with Gasteiger partial charge in [0, 0.05) is 12.6 Å². The van der Waals surface area contributed by atoms with Crippen LogP contribution in [0.1, 0.15) is 27.7 Å². The number of aliphatic hydroxyl groups excluding tert-OH is 1. The summed E-state index contributed by atoms with van der Waals surface area (Å²) >= 11 is 0. The van der Waals surface area contributed by atoms with E-state index in [-0.39, 0.29) is 18.8 Å². The van der Waals surface area contributed by atoms with Crippen molar-refractivity contribution >= 4 is 0 Å². The summed E-state index contributed by atoms with van der Waals surface area (Å²) in [6, 6.07) is 0.363. The topological polar surface area (TPSA) is 50.7 Å². The first-order chi connectivity index (χ1) is 7.10. The standard InChI is InChI=1S/C11H25NO3/c1-5-14-7-10(4)15-8-11(6-13)12-9(2)3/h9-13H,5-8H2,1-4H3. The second-order valence-corrected chi connectivity index (χ2v) is 4.00. The Morgan fingerprint density at radius 2 is 1.87 bits per heavy atom. The lowest BCUT2D eigenvalue weighted by atomic mass is 10.3. The fraction of sp³-hybridized carbons (Fsp3) is 1.00. The minimum Gasteiger partial charge on any atom is -0.395 e. The van der Waals surface area contributed by atoms with Crippen LogP contribution in [0, 0.1) is 0 Å². The monoisotopic (exact) mass is 219 g/mol. The highest BCUT2D eigenvalue weighted by Crippen LogP contribution is 1.95. The summed E-state index contributed by atoms with van der Waals surface area (Å²) in [7, 11) is 0. The predicted molar refractivity (Wildman–Crippen MR) is 61.1 cm³/mol. The van der Waals surface area contributed by atoms with Crippen molar-refractivity contribution in [2.24, 2.45) is 0 Å². The fourth-order valence-corrected chi connectivity index (χ4v) is 1.24. The van der Waals surface area contributed by atoms with Crippen LogP contribution in [0.3, 0.4) is 0 Å². The summed E-state index contributed by atoms with van der Waals surface area (Å²) in [5.74, 6) is 0. The van der Waals surface area contributed by atoms with Crippen molar-refractivity contribution in [3.05, 3.63) is 0 Å². The molecule has 0 aromatic carbocycles. The molecule has 0 spiro atoms. The fourth-order valence-electron chi connectivity index (χ4n) is 1.24. The highest BCUT2D eigenvalue weighted by Gasteiger charge is 2.10. The van der Waals surface area contributed by atoms with Gasteiger partial charge in [-0.3, -0.25) is 0 Å². The Morgan fingerprint density at radius 1 is 1.20 bits per heavy atom. The van der Waals surface area contributed by atoms with Crippen molar-refractivity contribution in [3.63, 3.8) is 0 Å². The van der Waals surface area contributed by atoms with Gasteiger partial charge in [0.25, 0.3) is 0 Å². The van der Waals surface area contributed by atoms with Crippen LogP contribution in [0.4, 0.5) is 0 Å². The number of hydrogen-bond acceptors (Lipinski definition) is 4. The first kappa shape index (κ1) is 14.8. The maximum absolute atomic E-state index is 9.09. The molecule has 0 aromatic heterocycles. The quantitative estimate of drug-likeness (QED) is 0.602. The molecule has 0 aliphatic rings. The molecule has 0 aromatic rings. The molecule has 15 heavy (non-hydrogen) atoms. The Hall–Kier alpha value is -0.160. The highest BCUT2D eigenvalue weighted by atomic mass is 16.5. The van der Waals surface area contributed by atoms with E-state index in [9.17, 15) is 0 Å². The van der Waals surface area contributed by atoms with Crippen LogP contribution in [0.25, 0.3) is 0 Å². The van der Waals surface area contributed by atoms with Crippen LogP contribution in [-0.2, 0) is 9.47 Å². The second kappa shape index (κ2) is 9.09. The number of rotatable bonds is 9. The van der Waals surface area contributed by atoms with Crippen molar-refractivity contribution in [1.29, 1.82) is 0 Å². The molecular formula is C11H25NO3. The minimum atomic E-state index is 0.00840. The normalized spacial score (nSPS) is 15.6. The Bertz CT molecular complexity index is 142. The Morgan fingerprint density at radius 3 is 2.33 bits per heavy atom. The molecule has 0 fully saturated rings. The summed E-state index contributed by atoms with van der Waals surface area (Å²) in [5, 5.41) is 12.3. The van der Waals surface area contributed by atoms with E-state index in [1.165, 1.54) is 0 Å². The molecule has 92 valence electrons. The van der Waals surface area contributed by atoms with Crippen molar-refractivity contribution in [2.75, 3.05) is 26.4 Å². The molecule has 0 aliphatic heterocycles. The zero-order valence-electron chi connectivity index (χ0n) is 10.3. The summed E-state index contributed by atoms with van der Waals surface area (Å²) in [6.45, 7) is 9.96. The summed E-state index contributed by atoms with van der Waals surface area (Å²) in [4.78, 5) is 0. The average Bonchev–Trinajstić information content (AvgIpc) is 2.20. The van der Waals surface area contributed by atoms with Crippen molar-refractivity contribution in [2.45, 2.75) is 45.9 Å². The molecule has 2 unspecified atom stereocenters. The highest BCUT2D eigenvalue weighted by molar-refractivity contribution is 4.67. The zero-order valence-corrected chi connectivity index (χ0v) is 10.3. The third-order valence-electron chi connectivity index (χ3n) is 1.93. The van der Waals surface area contributed by atoms with E-state index < -0.39 is 0 Å². The molecule has 0 heterocycles. The van der Waals surface area contributed by atoms with Gasteiger partial charge in [-0.1, -0.05) is 13.8 Å². The molecule has 0 saturated carbocycles. The van der Waals surface area contributed by atoms with Gasteiger partial charge >= 0.3 is 0 Å². The number of nitrogens with one attached hydrogen (secondary N) is 1. The van der Waals surface area contributed by atoms with Gasteiger partial charge in [0.15, 0.2) is 0 Å². The average molecular weight is 219 g/mol. The molecule has 0 bridgehead atoms. The molecule has 0 rings (SSSR count). The largest absolute Gasteiger partial charge is 0.395 e. The molecular weight excluding hydrogens is 194 g/mol. The van der Waals surface area contributed by atoms with Gasteiger partial charge < -0.3 is 19.9 Å². The van der Waals surface area contributed by atoms with Crippen LogP contribution < -0.4 is 5.32 Å².